The summed E-state index contributed by atoms with van der Waals surface area (Å²) >= 11 is 7.35. The van der Waals surface area contributed by atoms with Crippen LogP contribution in [0, 0.1) is 0 Å². The summed E-state index contributed by atoms with van der Waals surface area (Å²) in [4.78, 5) is 7.52. The second-order valence-electron chi connectivity index (χ2n) is 4.80. The second-order valence-corrected chi connectivity index (χ2v) is 6.50. The van der Waals surface area contributed by atoms with Crippen LogP contribution in [0.2, 0.25) is 4.47 Å². The van der Waals surface area contributed by atoms with Gasteiger partial charge in [0.2, 0.25) is 0 Å². The molecule has 1 aliphatic rings. The van der Waals surface area contributed by atoms with Gasteiger partial charge in [0, 0.05) is 36.0 Å². The number of anilines is 2. The highest BCUT2D eigenvalue weighted by atomic mass is 35.5. The zero-order valence-electron chi connectivity index (χ0n) is 10.8. The smallest absolute Gasteiger partial charge is 0.183 e. The van der Waals surface area contributed by atoms with Gasteiger partial charge >= 0.3 is 0 Å². The van der Waals surface area contributed by atoms with E-state index >= 15 is 0 Å². The van der Waals surface area contributed by atoms with Crippen LogP contribution in [-0.4, -0.2) is 18.6 Å². The summed E-state index contributed by atoms with van der Waals surface area (Å²) in [5, 5.41) is 3.43. The average molecular weight is 294 g/mol. The SMILES string of the molecule is CN1CCCc2ccc(NCc3cnc(Cl)s3)cc21. The first-order valence-corrected chi connectivity index (χ1v) is 7.60. The van der Waals surface area contributed by atoms with Crippen molar-refractivity contribution in [2.24, 2.45) is 0 Å². The molecule has 1 aromatic heterocycles. The summed E-state index contributed by atoms with van der Waals surface area (Å²) in [7, 11) is 2.16. The van der Waals surface area contributed by atoms with Gasteiger partial charge in [-0.15, -0.1) is 11.3 Å². The lowest BCUT2D eigenvalue weighted by molar-refractivity contribution is 0.744. The molecule has 0 atom stereocenters. The summed E-state index contributed by atoms with van der Waals surface area (Å²) in [5.74, 6) is 0. The minimum absolute atomic E-state index is 0.599. The van der Waals surface area contributed by atoms with Crippen molar-refractivity contribution in [3.05, 3.63) is 39.3 Å². The molecule has 0 saturated carbocycles. The Morgan fingerprint density at radius 1 is 1.47 bits per heavy atom. The molecule has 0 aliphatic carbocycles. The first-order valence-electron chi connectivity index (χ1n) is 6.40. The molecule has 0 fully saturated rings. The third-order valence-corrected chi connectivity index (χ3v) is 4.54. The first kappa shape index (κ1) is 12.8. The molecule has 0 radical (unpaired) electrons. The van der Waals surface area contributed by atoms with Crippen molar-refractivity contribution in [2.45, 2.75) is 19.4 Å². The number of rotatable bonds is 3. The fourth-order valence-corrected chi connectivity index (χ4v) is 3.34. The number of nitrogens with zero attached hydrogens (tertiary/aromatic N) is 2. The van der Waals surface area contributed by atoms with E-state index in [9.17, 15) is 0 Å². The summed E-state index contributed by atoms with van der Waals surface area (Å²) in [6.45, 7) is 1.91. The predicted molar refractivity (Wildman–Crippen MR) is 82.5 cm³/mol. The fraction of sp³-hybridized carbons (Fsp3) is 0.357. The second kappa shape index (κ2) is 5.39. The van der Waals surface area contributed by atoms with Crippen LogP contribution in [-0.2, 0) is 13.0 Å². The molecule has 100 valence electrons. The molecule has 1 aromatic carbocycles. The molecular formula is C14H16ClN3S. The van der Waals surface area contributed by atoms with Crippen molar-refractivity contribution in [1.29, 1.82) is 0 Å². The van der Waals surface area contributed by atoms with Crippen molar-refractivity contribution >= 4 is 34.3 Å². The molecule has 1 aliphatic heterocycles. The van der Waals surface area contributed by atoms with Crippen molar-refractivity contribution in [1.82, 2.24) is 4.98 Å². The number of nitrogens with one attached hydrogen (secondary N) is 1. The molecule has 0 saturated heterocycles. The first-order chi connectivity index (χ1) is 9.22. The Hall–Kier alpha value is -1.26. The average Bonchev–Trinajstić information content (AvgIpc) is 2.83. The van der Waals surface area contributed by atoms with Gasteiger partial charge in [-0.25, -0.2) is 4.98 Å². The molecule has 19 heavy (non-hydrogen) atoms. The van der Waals surface area contributed by atoms with E-state index in [0.29, 0.717) is 4.47 Å². The van der Waals surface area contributed by atoms with Crippen LogP contribution in [0.25, 0.3) is 0 Å². The van der Waals surface area contributed by atoms with E-state index in [0.717, 1.165) is 23.7 Å². The van der Waals surface area contributed by atoms with Crippen LogP contribution in [0.15, 0.2) is 24.4 Å². The standard InChI is InChI=1S/C14H16ClN3S/c1-18-6-2-3-10-4-5-11(7-13(10)18)16-8-12-9-17-14(15)19-12/h4-5,7,9,16H,2-3,6,8H2,1H3. The number of fused-ring (bicyclic) bond motifs is 1. The molecule has 1 N–H and O–H groups in total. The van der Waals surface area contributed by atoms with Crippen LogP contribution in [0.1, 0.15) is 16.9 Å². The number of benzene rings is 1. The van der Waals surface area contributed by atoms with E-state index in [1.165, 1.54) is 35.4 Å². The Balaban J connectivity index is 1.73. The topological polar surface area (TPSA) is 28.2 Å². The van der Waals surface area contributed by atoms with Gasteiger partial charge in [0.05, 0.1) is 6.54 Å². The lowest BCUT2D eigenvalue weighted by Crippen LogP contribution is -2.24. The number of hydrogen-bond donors (Lipinski definition) is 1. The zero-order chi connectivity index (χ0) is 13.2. The van der Waals surface area contributed by atoms with Crippen LogP contribution in [0.4, 0.5) is 11.4 Å². The molecule has 3 rings (SSSR count). The van der Waals surface area contributed by atoms with Gasteiger partial charge in [-0.3, -0.25) is 0 Å². The highest BCUT2D eigenvalue weighted by molar-refractivity contribution is 7.15. The van der Waals surface area contributed by atoms with Crippen LogP contribution < -0.4 is 10.2 Å². The van der Waals surface area contributed by atoms with Gasteiger partial charge < -0.3 is 10.2 Å². The summed E-state index contributed by atoms with van der Waals surface area (Å²) < 4.78 is 0.599. The Bertz CT molecular complexity index is 582. The minimum Gasteiger partial charge on any atom is -0.380 e. The van der Waals surface area contributed by atoms with Crippen LogP contribution >= 0.6 is 22.9 Å². The van der Waals surface area contributed by atoms with Gasteiger partial charge in [0.25, 0.3) is 0 Å². The largest absolute Gasteiger partial charge is 0.380 e. The number of thiazole rings is 1. The highest BCUT2D eigenvalue weighted by Gasteiger charge is 2.13. The summed E-state index contributed by atoms with van der Waals surface area (Å²) in [6, 6.07) is 6.62. The minimum atomic E-state index is 0.599. The maximum atomic E-state index is 5.83. The molecule has 5 heteroatoms. The molecule has 0 amide bonds. The van der Waals surface area contributed by atoms with E-state index < -0.39 is 0 Å². The van der Waals surface area contributed by atoms with Crippen molar-refractivity contribution in [3.63, 3.8) is 0 Å². The monoisotopic (exact) mass is 293 g/mol. The van der Waals surface area contributed by atoms with Gasteiger partial charge in [0.15, 0.2) is 4.47 Å². The summed E-state index contributed by atoms with van der Waals surface area (Å²) in [6.07, 6.45) is 4.25. The lowest BCUT2D eigenvalue weighted by atomic mass is 10.0. The third-order valence-electron chi connectivity index (χ3n) is 3.43. The number of aryl methyl sites for hydroxylation is 1. The number of halogens is 1. The van der Waals surface area contributed by atoms with Crippen molar-refractivity contribution < 1.29 is 0 Å². The van der Waals surface area contributed by atoms with E-state index in [1.807, 2.05) is 6.20 Å². The van der Waals surface area contributed by atoms with E-state index in [1.54, 1.807) is 0 Å². The molecule has 2 aromatic rings. The quantitative estimate of drug-likeness (QED) is 0.933. The molecule has 3 nitrogen and oxygen atoms in total. The Kier molecular flexibility index (Phi) is 3.62. The van der Waals surface area contributed by atoms with Crippen molar-refractivity contribution in [3.8, 4) is 0 Å². The Labute approximate surface area is 122 Å². The zero-order valence-corrected chi connectivity index (χ0v) is 12.4. The van der Waals surface area contributed by atoms with Gasteiger partial charge in [0.1, 0.15) is 0 Å². The van der Waals surface area contributed by atoms with Gasteiger partial charge in [-0.2, -0.15) is 0 Å². The molecule has 2 heterocycles. The maximum absolute atomic E-state index is 5.83. The number of aromatic nitrogens is 1. The van der Waals surface area contributed by atoms with E-state index in [2.05, 4.69) is 40.4 Å². The fourth-order valence-electron chi connectivity index (χ4n) is 2.42. The Morgan fingerprint density at radius 2 is 2.37 bits per heavy atom. The lowest BCUT2D eigenvalue weighted by Gasteiger charge is -2.28. The highest BCUT2D eigenvalue weighted by Crippen LogP contribution is 2.29. The molecule has 0 spiro atoms. The predicted octanol–water partition coefficient (Wildman–Crippen LogP) is 3.79. The summed E-state index contributed by atoms with van der Waals surface area (Å²) in [5.41, 5.74) is 3.94. The van der Waals surface area contributed by atoms with Crippen LogP contribution in [0.3, 0.4) is 0 Å². The van der Waals surface area contributed by atoms with E-state index in [4.69, 9.17) is 11.6 Å². The number of hydrogen-bond acceptors (Lipinski definition) is 4. The third kappa shape index (κ3) is 2.85. The Morgan fingerprint density at radius 3 is 3.16 bits per heavy atom. The van der Waals surface area contributed by atoms with E-state index in [-0.39, 0.29) is 0 Å². The normalized spacial score (nSPS) is 14.3. The van der Waals surface area contributed by atoms with Crippen molar-refractivity contribution in [2.75, 3.05) is 23.8 Å². The molecular weight excluding hydrogens is 278 g/mol. The maximum Gasteiger partial charge on any atom is 0.183 e. The molecule has 0 unspecified atom stereocenters. The van der Waals surface area contributed by atoms with Gasteiger partial charge in [-0.05, 0) is 30.5 Å². The van der Waals surface area contributed by atoms with Gasteiger partial charge in [-0.1, -0.05) is 17.7 Å². The molecule has 0 bridgehead atoms. The van der Waals surface area contributed by atoms with Crippen LogP contribution in [0.5, 0.6) is 0 Å².